The van der Waals surface area contributed by atoms with E-state index in [0.717, 1.165) is 24.8 Å². The number of ether oxygens (including phenoxy) is 1. The molecule has 200 valence electrons. The molecule has 3 fully saturated rings. The summed E-state index contributed by atoms with van der Waals surface area (Å²) in [7, 11) is 0. The van der Waals surface area contributed by atoms with E-state index in [-0.39, 0.29) is 36.0 Å². The first-order valence-corrected chi connectivity index (χ1v) is 13.1. The van der Waals surface area contributed by atoms with Crippen LogP contribution in [0, 0.1) is 23.1 Å². The van der Waals surface area contributed by atoms with Gasteiger partial charge in [-0.3, -0.25) is 9.69 Å². The number of nitrogens with zero attached hydrogens (tertiary/aromatic N) is 4. The molecule has 3 saturated heterocycles. The first-order valence-electron chi connectivity index (χ1n) is 13.1. The first kappa shape index (κ1) is 26.9. The average Bonchev–Trinajstić information content (AvgIpc) is 3.47. The van der Waals surface area contributed by atoms with Gasteiger partial charge in [-0.25, -0.2) is 9.18 Å². The van der Waals surface area contributed by atoms with E-state index in [2.05, 4.69) is 29.8 Å². The summed E-state index contributed by atoms with van der Waals surface area (Å²) in [6, 6.07) is 7.26. The van der Waals surface area contributed by atoms with E-state index < -0.39 is 17.7 Å². The van der Waals surface area contributed by atoms with Gasteiger partial charge < -0.3 is 19.9 Å². The summed E-state index contributed by atoms with van der Waals surface area (Å²) in [6.45, 7) is 14.8. The van der Waals surface area contributed by atoms with Crippen molar-refractivity contribution in [3.63, 3.8) is 0 Å². The van der Waals surface area contributed by atoms with E-state index in [1.807, 2.05) is 22.8 Å². The smallest absolute Gasteiger partial charge is 0.408 e. The third-order valence-corrected chi connectivity index (χ3v) is 7.61. The van der Waals surface area contributed by atoms with E-state index in [0.29, 0.717) is 24.7 Å². The maximum Gasteiger partial charge on any atom is 0.408 e. The summed E-state index contributed by atoms with van der Waals surface area (Å²) >= 11 is 0. The van der Waals surface area contributed by atoms with Crippen molar-refractivity contribution >= 4 is 12.0 Å². The second kappa shape index (κ2) is 10.3. The summed E-state index contributed by atoms with van der Waals surface area (Å²) < 4.78 is 19.4. The molecular formula is C28H38FN5O3. The van der Waals surface area contributed by atoms with Gasteiger partial charge in [-0.1, -0.05) is 25.6 Å². The van der Waals surface area contributed by atoms with Crippen LogP contribution >= 0.6 is 0 Å². The summed E-state index contributed by atoms with van der Waals surface area (Å²) in [5.41, 5.74) is 0.717. The molecule has 0 radical (unpaired) electrons. The molecule has 0 aromatic heterocycles. The number of likely N-dealkylation sites (tertiary alicyclic amines) is 2. The van der Waals surface area contributed by atoms with E-state index in [4.69, 9.17) is 4.74 Å². The molecular weight excluding hydrogens is 473 g/mol. The van der Waals surface area contributed by atoms with Crippen LogP contribution in [-0.4, -0.2) is 69.7 Å². The van der Waals surface area contributed by atoms with Crippen LogP contribution in [0.15, 0.2) is 36.5 Å². The average molecular weight is 512 g/mol. The molecule has 3 aliphatic rings. The van der Waals surface area contributed by atoms with Crippen molar-refractivity contribution in [3.8, 4) is 6.07 Å². The highest BCUT2D eigenvalue weighted by Crippen LogP contribution is 2.41. The zero-order chi connectivity index (χ0) is 27.1. The Bertz CT molecular complexity index is 1100. The molecule has 1 N–H and O–H groups in total. The lowest BCUT2D eigenvalue weighted by atomic mass is 10.0. The van der Waals surface area contributed by atoms with Crippen LogP contribution in [0.25, 0.3) is 0 Å². The van der Waals surface area contributed by atoms with Crippen LogP contribution in [0.3, 0.4) is 0 Å². The standard InChI is InChI=1S/C28H38FN5O3/c1-17-12-22(14-30)32(15-17)19(3)23(31-27(36)37-28(4,5)6)16-33-24-10-11-25(33)34(26(24)35)18(2)20-8-7-9-21(29)13-20/h7-9,13,17-18,22-25H,3,10-12,15-16H2,1-2,4-6H3,(H,31,36). The van der Waals surface area contributed by atoms with Gasteiger partial charge in [0.2, 0.25) is 5.91 Å². The molecule has 2 bridgehead atoms. The predicted octanol–water partition coefficient (Wildman–Crippen LogP) is 4.16. The second-order valence-electron chi connectivity index (χ2n) is 11.6. The molecule has 0 aliphatic carbocycles. The second-order valence-corrected chi connectivity index (χ2v) is 11.6. The van der Waals surface area contributed by atoms with Gasteiger partial charge in [0.25, 0.3) is 0 Å². The molecule has 2 amide bonds. The fourth-order valence-corrected chi connectivity index (χ4v) is 5.94. The largest absolute Gasteiger partial charge is 0.444 e. The monoisotopic (exact) mass is 511 g/mol. The normalized spacial score (nSPS) is 27.2. The van der Waals surface area contributed by atoms with Crippen LogP contribution < -0.4 is 5.32 Å². The zero-order valence-electron chi connectivity index (χ0n) is 22.4. The maximum absolute atomic E-state index is 13.9. The molecule has 6 unspecified atom stereocenters. The zero-order valence-corrected chi connectivity index (χ0v) is 22.4. The predicted molar refractivity (Wildman–Crippen MR) is 137 cm³/mol. The first-order chi connectivity index (χ1) is 17.4. The molecule has 4 rings (SSSR count). The lowest BCUT2D eigenvalue weighted by molar-refractivity contribution is -0.134. The number of amides is 2. The van der Waals surface area contributed by atoms with Gasteiger partial charge >= 0.3 is 6.09 Å². The third kappa shape index (κ3) is 5.59. The van der Waals surface area contributed by atoms with Gasteiger partial charge in [-0.2, -0.15) is 5.26 Å². The summed E-state index contributed by atoms with van der Waals surface area (Å²) in [4.78, 5) is 32.2. The number of halogens is 1. The SMILES string of the molecule is C=C(C(CN1C2CCC1N(C(C)c1cccc(F)c1)C2=O)NC(=O)OC(C)(C)C)N1CC(C)CC1C#N. The molecule has 9 heteroatoms. The molecule has 37 heavy (non-hydrogen) atoms. The van der Waals surface area contributed by atoms with Gasteiger partial charge in [0.15, 0.2) is 0 Å². The Balaban J connectivity index is 1.57. The highest BCUT2D eigenvalue weighted by atomic mass is 19.1. The lowest BCUT2D eigenvalue weighted by Crippen LogP contribution is -2.51. The van der Waals surface area contributed by atoms with Crippen LogP contribution in [0.5, 0.6) is 0 Å². The van der Waals surface area contributed by atoms with Crippen molar-refractivity contribution in [1.82, 2.24) is 20.0 Å². The molecule has 8 nitrogen and oxygen atoms in total. The van der Waals surface area contributed by atoms with Crippen molar-refractivity contribution in [1.29, 1.82) is 5.26 Å². The van der Waals surface area contributed by atoms with Crippen molar-refractivity contribution in [2.45, 2.75) is 89.8 Å². The van der Waals surface area contributed by atoms with Gasteiger partial charge in [0.1, 0.15) is 17.5 Å². The number of fused-ring (bicyclic) bond motifs is 2. The highest BCUT2D eigenvalue weighted by Gasteiger charge is 2.53. The van der Waals surface area contributed by atoms with E-state index >= 15 is 0 Å². The molecule has 1 aromatic carbocycles. The number of carbonyl (C=O) groups excluding carboxylic acids is 2. The minimum Gasteiger partial charge on any atom is -0.444 e. The number of hydrogen-bond acceptors (Lipinski definition) is 6. The van der Waals surface area contributed by atoms with Gasteiger partial charge in [0, 0.05) is 18.8 Å². The molecule has 6 atom stereocenters. The Morgan fingerprint density at radius 3 is 2.73 bits per heavy atom. The van der Waals surface area contributed by atoms with E-state index in [1.165, 1.54) is 12.1 Å². The Morgan fingerprint density at radius 1 is 1.35 bits per heavy atom. The van der Waals surface area contributed by atoms with Crippen molar-refractivity contribution in [2.24, 2.45) is 5.92 Å². The lowest BCUT2D eigenvalue weighted by Gasteiger charge is -2.36. The Morgan fingerprint density at radius 2 is 2.08 bits per heavy atom. The number of nitriles is 1. The fraction of sp³-hybridized carbons (Fsp3) is 0.607. The Labute approximate surface area is 219 Å². The number of alkyl carbamates (subject to hydrolysis) is 1. The third-order valence-electron chi connectivity index (χ3n) is 7.61. The minimum absolute atomic E-state index is 0.0133. The molecule has 3 aliphatic heterocycles. The summed E-state index contributed by atoms with van der Waals surface area (Å²) in [5.74, 6) is 0.0119. The molecule has 0 spiro atoms. The topological polar surface area (TPSA) is 88.9 Å². The van der Waals surface area contributed by atoms with Crippen LogP contribution in [-0.2, 0) is 9.53 Å². The van der Waals surface area contributed by atoms with Gasteiger partial charge in [0.05, 0.1) is 30.4 Å². The summed E-state index contributed by atoms with van der Waals surface area (Å²) in [6.07, 6.45) is 1.52. The number of benzene rings is 1. The Hall–Kier alpha value is -3.12. The van der Waals surface area contributed by atoms with Crippen molar-refractivity contribution < 1.29 is 18.7 Å². The van der Waals surface area contributed by atoms with Crippen LogP contribution in [0.1, 0.15) is 65.5 Å². The van der Waals surface area contributed by atoms with Crippen LogP contribution in [0.2, 0.25) is 0 Å². The van der Waals surface area contributed by atoms with Crippen LogP contribution in [0.4, 0.5) is 9.18 Å². The highest BCUT2D eigenvalue weighted by molar-refractivity contribution is 5.86. The number of hydrogen-bond donors (Lipinski definition) is 1. The van der Waals surface area contributed by atoms with E-state index in [9.17, 15) is 19.2 Å². The van der Waals surface area contributed by atoms with Crippen molar-refractivity contribution in [3.05, 3.63) is 47.9 Å². The van der Waals surface area contributed by atoms with Crippen molar-refractivity contribution in [2.75, 3.05) is 13.1 Å². The molecule has 0 saturated carbocycles. The summed E-state index contributed by atoms with van der Waals surface area (Å²) in [5, 5.41) is 12.7. The number of rotatable bonds is 7. The number of carbonyl (C=O) groups is 2. The maximum atomic E-state index is 13.9. The molecule has 3 heterocycles. The van der Waals surface area contributed by atoms with E-state index in [1.54, 1.807) is 26.8 Å². The van der Waals surface area contributed by atoms with Gasteiger partial charge in [-0.05, 0) is 70.6 Å². The Kier molecular flexibility index (Phi) is 7.52. The minimum atomic E-state index is -0.673. The fourth-order valence-electron chi connectivity index (χ4n) is 5.94. The molecule has 1 aromatic rings. The number of piperidine rings is 1. The van der Waals surface area contributed by atoms with Gasteiger partial charge in [-0.15, -0.1) is 0 Å². The quantitative estimate of drug-likeness (QED) is 0.591. The number of nitrogens with one attached hydrogen (secondary N) is 1.